The normalized spacial score (nSPS) is 24.9. The molecule has 2 heterocycles. The Morgan fingerprint density at radius 1 is 1.48 bits per heavy atom. The zero-order valence-corrected chi connectivity index (χ0v) is 18.4. The molecule has 4 atom stereocenters. The minimum atomic E-state index is -1.74. The van der Waals surface area contributed by atoms with Gasteiger partial charge in [-0.05, 0) is 24.5 Å². The zero-order valence-electron chi connectivity index (χ0n) is 16.8. The molecule has 29 heavy (non-hydrogen) atoms. The minimum absolute atomic E-state index is 0.234. The SMILES string of the molecule is COCC(C)CN1CCC(F)(C(N)NC(=O)c2cccc3cccnc23)C(Br)C1. The molecule has 0 aliphatic carbocycles. The van der Waals surface area contributed by atoms with E-state index in [9.17, 15) is 4.79 Å². The number of hydrogen-bond acceptors (Lipinski definition) is 5. The van der Waals surface area contributed by atoms with E-state index in [0.29, 0.717) is 36.7 Å². The van der Waals surface area contributed by atoms with E-state index >= 15 is 4.39 Å². The van der Waals surface area contributed by atoms with Crippen LogP contribution in [0.5, 0.6) is 0 Å². The summed E-state index contributed by atoms with van der Waals surface area (Å²) in [4.78, 5) is 18.8. The monoisotopic (exact) mass is 466 g/mol. The molecule has 1 aliphatic rings. The van der Waals surface area contributed by atoms with Crippen molar-refractivity contribution < 1.29 is 13.9 Å². The fourth-order valence-electron chi connectivity index (χ4n) is 3.88. The number of fused-ring (bicyclic) bond motifs is 1. The van der Waals surface area contributed by atoms with Gasteiger partial charge in [0.05, 0.1) is 15.9 Å². The fourth-order valence-corrected chi connectivity index (χ4v) is 4.80. The first-order valence-electron chi connectivity index (χ1n) is 9.79. The lowest BCUT2D eigenvalue weighted by molar-refractivity contribution is 0.0251. The van der Waals surface area contributed by atoms with Gasteiger partial charge in [0.25, 0.3) is 5.91 Å². The summed E-state index contributed by atoms with van der Waals surface area (Å²) < 4.78 is 20.9. The van der Waals surface area contributed by atoms with Gasteiger partial charge in [-0.25, -0.2) is 4.39 Å². The molecule has 0 radical (unpaired) electrons. The van der Waals surface area contributed by atoms with Crippen molar-refractivity contribution in [2.24, 2.45) is 11.7 Å². The van der Waals surface area contributed by atoms with Crippen LogP contribution in [0.15, 0.2) is 36.5 Å². The number of nitrogens with zero attached hydrogens (tertiary/aromatic N) is 2. The van der Waals surface area contributed by atoms with E-state index in [4.69, 9.17) is 10.5 Å². The number of para-hydroxylation sites is 1. The van der Waals surface area contributed by atoms with Gasteiger partial charge < -0.3 is 20.7 Å². The van der Waals surface area contributed by atoms with E-state index in [1.165, 1.54) is 0 Å². The molecule has 0 saturated carbocycles. The van der Waals surface area contributed by atoms with Gasteiger partial charge in [-0.15, -0.1) is 0 Å². The Kier molecular flexibility index (Phi) is 7.21. The lowest BCUT2D eigenvalue weighted by Gasteiger charge is -2.43. The molecule has 2 aromatic rings. The second-order valence-corrected chi connectivity index (χ2v) is 8.90. The summed E-state index contributed by atoms with van der Waals surface area (Å²) in [6.45, 7) is 4.69. The predicted octanol–water partition coefficient (Wildman–Crippen LogP) is 2.71. The van der Waals surface area contributed by atoms with Crippen molar-refractivity contribution in [2.45, 2.75) is 30.0 Å². The van der Waals surface area contributed by atoms with Crippen molar-refractivity contribution in [2.75, 3.05) is 33.4 Å². The van der Waals surface area contributed by atoms with E-state index in [-0.39, 0.29) is 6.42 Å². The standard InChI is InChI=1S/C21H28BrFN4O2/c1-14(13-29-2)11-27-10-8-21(23,17(22)12-27)20(24)26-19(28)16-7-3-5-15-6-4-9-25-18(15)16/h3-7,9,14,17,20H,8,10-13,24H2,1-2H3,(H,26,28). The summed E-state index contributed by atoms with van der Waals surface area (Å²) in [6, 6.07) is 9.02. The number of amides is 1. The smallest absolute Gasteiger partial charge is 0.254 e. The third kappa shape index (κ3) is 4.94. The predicted molar refractivity (Wildman–Crippen MR) is 116 cm³/mol. The molecule has 1 aromatic heterocycles. The number of pyridine rings is 1. The number of nitrogens with two attached hydrogens (primary N) is 1. The van der Waals surface area contributed by atoms with Crippen molar-refractivity contribution >= 4 is 32.7 Å². The Morgan fingerprint density at radius 2 is 2.24 bits per heavy atom. The van der Waals surface area contributed by atoms with Crippen molar-refractivity contribution in [3.8, 4) is 0 Å². The molecule has 0 bridgehead atoms. The number of piperidine rings is 1. The summed E-state index contributed by atoms with van der Waals surface area (Å²) in [6.07, 6.45) is 0.736. The lowest BCUT2D eigenvalue weighted by atomic mass is 9.89. The molecule has 1 amide bonds. The van der Waals surface area contributed by atoms with Gasteiger partial charge in [-0.2, -0.15) is 0 Å². The van der Waals surface area contributed by atoms with Crippen LogP contribution in [0.4, 0.5) is 4.39 Å². The number of carbonyl (C=O) groups is 1. The molecular weight excluding hydrogens is 439 g/mol. The van der Waals surface area contributed by atoms with Gasteiger partial charge in [-0.1, -0.05) is 41.1 Å². The molecule has 4 unspecified atom stereocenters. The van der Waals surface area contributed by atoms with Crippen molar-refractivity contribution in [3.63, 3.8) is 0 Å². The molecule has 0 spiro atoms. The molecule has 1 fully saturated rings. The molecule has 1 aromatic carbocycles. The number of hydrogen-bond donors (Lipinski definition) is 2. The number of benzene rings is 1. The first kappa shape index (κ1) is 22.1. The fraction of sp³-hybridized carbons (Fsp3) is 0.524. The number of likely N-dealkylation sites (tertiary alicyclic amines) is 1. The van der Waals surface area contributed by atoms with Crippen LogP contribution in [-0.2, 0) is 4.74 Å². The molecule has 6 nitrogen and oxygen atoms in total. The van der Waals surface area contributed by atoms with Gasteiger partial charge in [0.15, 0.2) is 5.67 Å². The summed E-state index contributed by atoms with van der Waals surface area (Å²) in [7, 11) is 1.68. The highest BCUT2D eigenvalue weighted by Gasteiger charge is 2.47. The van der Waals surface area contributed by atoms with E-state index in [1.54, 1.807) is 25.4 Å². The quantitative estimate of drug-likeness (QED) is 0.484. The molecule has 1 saturated heterocycles. The van der Waals surface area contributed by atoms with Gasteiger partial charge >= 0.3 is 0 Å². The lowest BCUT2D eigenvalue weighted by Crippen LogP contribution is -2.64. The third-order valence-electron chi connectivity index (χ3n) is 5.45. The van der Waals surface area contributed by atoms with Crippen molar-refractivity contribution in [3.05, 3.63) is 42.1 Å². The van der Waals surface area contributed by atoms with Gasteiger partial charge in [0.1, 0.15) is 6.17 Å². The van der Waals surface area contributed by atoms with Gasteiger partial charge in [0.2, 0.25) is 0 Å². The first-order valence-corrected chi connectivity index (χ1v) is 10.7. The number of carbonyl (C=O) groups excluding carboxylic acids is 1. The van der Waals surface area contributed by atoms with Crippen LogP contribution in [0, 0.1) is 5.92 Å². The molecule has 3 rings (SSSR count). The Bertz CT molecular complexity index is 849. The Balaban J connectivity index is 1.67. The van der Waals surface area contributed by atoms with Crippen molar-refractivity contribution in [1.29, 1.82) is 0 Å². The van der Waals surface area contributed by atoms with Crippen LogP contribution < -0.4 is 11.1 Å². The average molecular weight is 467 g/mol. The van der Waals surface area contributed by atoms with Crippen LogP contribution in [0.2, 0.25) is 0 Å². The van der Waals surface area contributed by atoms with Crippen LogP contribution in [-0.4, -0.2) is 65.8 Å². The summed E-state index contributed by atoms with van der Waals surface area (Å²) in [5.74, 6) is -0.0614. The number of nitrogens with one attached hydrogen (secondary N) is 1. The number of ether oxygens (including phenoxy) is 1. The Morgan fingerprint density at radius 3 is 2.97 bits per heavy atom. The van der Waals surface area contributed by atoms with Crippen molar-refractivity contribution in [1.82, 2.24) is 15.2 Å². The number of aromatic nitrogens is 1. The second kappa shape index (κ2) is 9.47. The largest absolute Gasteiger partial charge is 0.384 e. The van der Waals surface area contributed by atoms with E-state index in [2.05, 4.69) is 38.1 Å². The Hall–Kier alpha value is -1.61. The van der Waals surface area contributed by atoms with Gasteiger partial charge in [0, 0.05) is 44.9 Å². The Labute approximate surface area is 179 Å². The first-order chi connectivity index (χ1) is 13.8. The average Bonchev–Trinajstić information content (AvgIpc) is 2.70. The molecule has 1 aliphatic heterocycles. The number of halogens is 2. The molecule has 158 valence electrons. The molecule has 3 N–H and O–H groups in total. The van der Waals surface area contributed by atoms with Crippen LogP contribution in [0.3, 0.4) is 0 Å². The molecule has 8 heteroatoms. The minimum Gasteiger partial charge on any atom is -0.384 e. The topological polar surface area (TPSA) is 80.5 Å². The number of rotatable bonds is 7. The van der Waals surface area contributed by atoms with E-state index in [1.807, 2.05) is 18.2 Å². The molecular formula is C21H28BrFN4O2. The highest BCUT2D eigenvalue weighted by atomic mass is 79.9. The summed E-state index contributed by atoms with van der Waals surface area (Å²) >= 11 is 3.48. The maximum Gasteiger partial charge on any atom is 0.254 e. The van der Waals surface area contributed by atoms with Crippen LogP contribution >= 0.6 is 15.9 Å². The zero-order chi connectivity index (χ0) is 21.0. The highest BCUT2D eigenvalue weighted by molar-refractivity contribution is 9.09. The maximum absolute atomic E-state index is 15.8. The maximum atomic E-state index is 15.8. The van der Waals surface area contributed by atoms with Gasteiger partial charge in [-0.3, -0.25) is 9.78 Å². The summed E-state index contributed by atoms with van der Waals surface area (Å²) in [5.41, 5.74) is 5.37. The number of alkyl halides is 2. The van der Waals surface area contributed by atoms with E-state index in [0.717, 1.165) is 11.9 Å². The summed E-state index contributed by atoms with van der Waals surface area (Å²) in [5, 5.41) is 3.51. The van der Waals surface area contributed by atoms with Crippen LogP contribution in [0.1, 0.15) is 23.7 Å². The number of methoxy groups -OCH3 is 1. The van der Waals surface area contributed by atoms with Crippen LogP contribution in [0.25, 0.3) is 10.9 Å². The highest BCUT2D eigenvalue weighted by Crippen LogP contribution is 2.34. The second-order valence-electron chi connectivity index (χ2n) is 7.80. The van der Waals surface area contributed by atoms with E-state index < -0.39 is 22.6 Å². The third-order valence-corrected chi connectivity index (χ3v) is 6.50.